The third-order valence-corrected chi connectivity index (χ3v) is 2.43. The van der Waals surface area contributed by atoms with Gasteiger partial charge in [-0.1, -0.05) is 11.6 Å². The second-order valence-corrected chi connectivity index (χ2v) is 3.68. The fourth-order valence-electron chi connectivity index (χ4n) is 1.35. The van der Waals surface area contributed by atoms with E-state index >= 15 is 0 Å². The minimum atomic E-state index is -0.802. The highest BCUT2D eigenvalue weighted by molar-refractivity contribution is 6.32. The highest BCUT2D eigenvalue weighted by Crippen LogP contribution is 2.36. The van der Waals surface area contributed by atoms with Gasteiger partial charge in [0.25, 0.3) is 5.91 Å². The van der Waals surface area contributed by atoms with E-state index in [0.29, 0.717) is 22.1 Å². The number of nitriles is 1. The third kappa shape index (κ3) is 2.93. The SMILES string of the molecule is COc1cc(/C=C(\C#N)C(N)=O)cc(Cl)c1OC. The molecule has 0 saturated heterocycles. The number of carbonyl (C=O) groups excluding carboxylic acids is 1. The summed E-state index contributed by atoms with van der Waals surface area (Å²) >= 11 is 5.99. The van der Waals surface area contributed by atoms with Crippen LogP contribution in [0.5, 0.6) is 11.5 Å². The molecule has 0 saturated carbocycles. The van der Waals surface area contributed by atoms with Crippen molar-refractivity contribution in [3.8, 4) is 17.6 Å². The number of rotatable bonds is 4. The van der Waals surface area contributed by atoms with E-state index in [1.807, 2.05) is 0 Å². The summed E-state index contributed by atoms with van der Waals surface area (Å²) in [5, 5.41) is 9.06. The van der Waals surface area contributed by atoms with Crippen molar-refractivity contribution in [1.82, 2.24) is 0 Å². The van der Waals surface area contributed by atoms with Crippen molar-refractivity contribution >= 4 is 23.6 Å². The van der Waals surface area contributed by atoms with E-state index in [-0.39, 0.29) is 5.57 Å². The van der Waals surface area contributed by atoms with Crippen LogP contribution >= 0.6 is 11.6 Å². The Morgan fingerprint density at radius 2 is 2.11 bits per heavy atom. The van der Waals surface area contributed by atoms with Gasteiger partial charge in [-0.15, -0.1) is 0 Å². The molecule has 18 heavy (non-hydrogen) atoms. The van der Waals surface area contributed by atoms with Crippen LogP contribution in [-0.2, 0) is 4.79 Å². The summed E-state index contributed by atoms with van der Waals surface area (Å²) in [6.45, 7) is 0. The molecular formula is C12H11ClN2O3. The van der Waals surface area contributed by atoms with Crippen LogP contribution in [0, 0.1) is 11.3 Å². The van der Waals surface area contributed by atoms with Crippen LogP contribution in [-0.4, -0.2) is 20.1 Å². The van der Waals surface area contributed by atoms with E-state index in [9.17, 15) is 4.79 Å². The molecule has 0 unspecified atom stereocenters. The number of hydrogen-bond donors (Lipinski definition) is 1. The van der Waals surface area contributed by atoms with Crippen molar-refractivity contribution < 1.29 is 14.3 Å². The fraction of sp³-hybridized carbons (Fsp3) is 0.167. The maximum Gasteiger partial charge on any atom is 0.259 e. The highest BCUT2D eigenvalue weighted by atomic mass is 35.5. The monoisotopic (exact) mass is 266 g/mol. The summed E-state index contributed by atoms with van der Waals surface area (Å²) in [5.74, 6) is -0.0182. The Bertz CT molecular complexity index is 547. The lowest BCUT2D eigenvalue weighted by Gasteiger charge is -2.10. The summed E-state index contributed by atoms with van der Waals surface area (Å²) < 4.78 is 10.2. The molecule has 0 atom stereocenters. The Morgan fingerprint density at radius 3 is 2.56 bits per heavy atom. The summed E-state index contributed by atoms with van der Waals surface area (Å²) in [5.41, 5.74) is 5.39. The largest absolute Gasteiger partial charge is 0.493 e. The van der Waals surface area contributed by atoms with Crippen molar-refractivity contribution in [3.63, 3.8) is 0 Å². The molecule has 6 heteroatoms. The van der Waals surface area contributed by atoms with Gasteiger partial charge < -0.3 is 15.2 Å². The Hall–Kier alpha value is -2.19. The zero-order valence-electron chi connectivity index (χ0n) is 9.86. The third-order valence-electron chi connectivity index (χ3n) is 2.15. The number of amides is 1. The van der Waals surface area contributed by atoms with E-state index in [1.165, 1.54) is 20.3 Å². The lowest BCUT2D eigenvalue weighted by molar-refractivity contribution is -0.114. The quantitative estimate of drug-likeness (QED) is 0.664. The maximum absolute atomic E-state index is 10.9. The van der Waals surface area contributed by atoms with Crippen molar-refractivity contribution in [3.05, 3.63) is 28.3 Å². The summed E-state index contributed by atoms with van der Waals surface area (Å²) in [6, 6.07) is 4.84. The smallest absolute Gasteiger partial charge is 0.259 e. The average molecular weight is 267 g/mol. The molecule has 0 spiro atoms. The van der Waals surface area contributed by atoms with Gasteiger partial charge in [-0.25, -0.2) is 0 Å². The van der Waals surface area contributed by atoms with Crippen LogP contribution in [0.3, 0.4) is 0 Å². The van der Waals surface area contributed by atoms with Crippen molar-refractivity contribution in [2.45, 2.75) is 0 Å². The van der Waals surface area contributed by atoms with Crippen LogP contribution in [0.4, 0.5) is 0 Å². The van der Waals surface area contributed by atoms with E-state index in [0.717, 1.165) is 0 Å². The van der Waals surface area contributed by atoms with Gasteiger partial charge in [0, 0.05) is 0 Å². The molecule has 94 valence electrons. The molecule has 0 aliphatic carbocycles. The first-order chi connectivity index (χ1) is 8.53. The maximum atomic E-state index is 10.9. The minimum absolute atomic E-state index is 0.168. The number of nitrogens with two attached hydrogens (primary N) is 1. The summed E-state index contributed by atoms with van der Waals surface area (Å²) in [4.78, 5) is 10.9. The van der Waals surface area contributed by atoms with Crippen molar-refractivity contribution in [2.75, 3.05) is 14.2 Å². The van der Waals surface area contributed by atoms with Crippen LogP contribution in [0.25, 0.3) is 6.08 Å². The van der Waals surface area contributed by atoms with Gasteiger partial charge in [0.05, 0.1) is 19.2 Å². The molecule has 0 fully saturated rings. The molecule has 5 nitrogen and oxygen atoms in total. The Labute approximate surface area is 109 Å². The van der Waals surface area contributed by atoms with Crippen LogP contribution in [0.1, 0.15) is 5.56 Å². The fourth-order valence-corrected chi connectivity index (χ4v) is 1.64. The number of nitrogens with zero attached hydrogens (tertiary/aromatic N) is 1. The second-order valence-electron chi connectivity index (χ2n) is 3.27. The first-order valence-electron chi connectivity index (χ1n) is 4.86. The second kappa shape index (κ2) is 5.94. The topological polar surface area (TPSA) is 85.3 Å². The van der Waals surface area contributed by atoms with Gasteiger partial charge in [0.15, 0.2) is 11.5 Å². The zero-order chi connectivity index (χ0) is 13.7. The molecule has 1 aromatic rings. The molecule has 0 aliphatic rings. The number of benzene rings is 1. The lowest BCUT2D eigenvalue weighted by Crippen LogP contribution is -2.12. The van der Waals surface area contributed by atoms with E-state index < -0.39 is 5.91 Å². The first kappa shape index (κ1) is 13.9. The van der Waals surface area contributed by atoms with Gasteiger partial charge in [-0.2, -0.15) is 5.26 Å². The lowest BCUT2D eigenvalue weighted by atomic mass is 10.1. The van der Waals surface area contributed by atoms with Gasteiger partial charge in [-0.3, -0.25) is 4.79 Å². The van der Waals surface area contributed by atoms with Crippen LogP contribution in [0.15, 0.2) is 17.7 Å². The molecular weight excluding hydrogens is 256 g/mol. The van der Waals surface area contributed by atoms with Gasteiger partial charge in [0.1, 0.15) is 11.6 Å². The highest BCUT2D eigenvalue weighted by Gasteiger charge is 2.11. The molecule has 1 rings (SSSR count). The molecule has 0 radical (unpaired) electrons. The molecule has 1 amide bonds. The summed E-state index contributed by atoms with van der Waals surface area (Å²) in [6.07, 6.45) is 1.33. The molecule has 1 aromatic carbocycles. The van der Waals surface area contributed by atoms with Crippen LogP contribution < -0.4 is 15.2 Å². The number of ether oxygens (including phenoxy) is 2. The predicted octanol–water partition coefficient (Wildman–Crippen LogP) is 1.75. The average Bonchev–Trinajstić information content (AvgIpc) is 2.34. The molecule has 2 N–H and O–H groups in total. The molecule has 0 bridgehead atoms. The first-order valence-corrected chi connectivity index (χ1v) is 5.24. The number of primary amides is 1. The molecule has 0 aromatic heterocycles. The minimum Gasteiger partial charge on any atom is -0.493 e. The van der Waals surface area contributed by atoms with E-state index in [2.05, 4.69) is 0 Å². The number of hydrogen-bond acceptors (Lipinski definition) is 4. The van der Waals surface area contributed by atoms with E-state index in [4.69, 9.17) is 32.1 Å². The summed E-state index contributed by atoms with van der Waals surface area (Å²) in [7, 11) is 2.92. The molecule has 0 aliphatic heterocycles. The van der Waals surface area contributed by atoms with E-state index in [1.54, 1.807) is 18.2 Å². The zero-order valence-corrected chi connectivity index (χ0v) is 10.6. The van der Waals surface area contributed by atoms with Gasteiger partial charge >= 0.3 is 0 Å². The molecule has 0 heterocycles. The number of halogens is 1. The Balaban J connectivity index is 3.33. The van der Waals surface area contributed by atoms with Crippen molar-refractivity contribution in [2.24, 2.45) is 5.73 Å². The standard InChI is InChI=1S/C12H11ClN2O3/c1-17-10-5-7(3-8(6-14)12(15)16)4-9(13)11(10)18-2/h3-5H,1-2H3,(H2,15,16)/b8-3+. The Morgan fingerprint density at radius 1 is 1.44 bits per heavy atom. The number of methoxy groups -OCH3 is 2. The van der Waals surface area contributed by atoms with Crippen LogP contribution in [0.2, 0.25) is 5.02 Å². The van der Waals surface area contributed by atoms with Crippen molar-refractivity contribution in [1.29, 1.82) is 5.26 Å². The van der Waals surface area contributed by atoms with Gasteiger partial charge in [0.2, 0.25) is 0 Å². The van der Waals surface area contributed by atoms with Gasteiger partial charge in [-0.05, 0) is 23.8 Å². The predicted molar refractivity (Wildman–Crippen MR) is 67.3 cm³/mol. The normalized spacial score (nSPS) is 10.7. The Kier molecular flexibility index (Phi) is 4.58. The number of carbonyl (C=O) groups is 1.